The summed E-state index contributed by atoms with van der Waals surface area (Å²) in [5.41, 5.74) is 5.07. The van der Waals surface area contributed by atoms with Gasteiger partial charge in [0.1, 0.15) is 6.61 Å². The van der Waals surface area contributed by atoms with Gasteiger partial charge in [-0.25, -0.2) is 0 Å². The number of ether oxygens (including phenoxy) is 1. The molecule has 4 heterocycles. The van der Waals surface area contributed by atoms with E-state index in [1.807, 2.05) is 47.1 Å². The highest BCUT2D eigenvalue weighted by Gasteiger charge is 2.13. The maximum atomic E-state index is 12.7. The van der Waals surface area contributed by atoms with E-state index in [4.69, 9.17) is 4.74 Å². The smallest absolute Gasteiger partial charge is 0.198 e. The molecular formula is C18H12N2O2. The number of fused-ring (bicyclic) bond motifs is 5. The van der Waals surface area contributed by atoms with Crippen LogP contribution < -0.4 is 5.43 Å². The van der Waals surface area contributed by atoms with E-state index in [1.165, 1.54) is 0 Å². The SMILES string of the molecule is O=c1c2ccccc2[nH]c2c1cn1cc3c(cc21)C=COC3. The molecule has 4 heteroatoms. The van der Waals surface area contributed by atoms with E-state index in [1.54, 1.807) is 6.26 Å². The lowest BCUT2D eigenvalue weighted by Gasteiger charge is -2.12. The number of H-pyrrole nitrogens is 1. The molecule has 3 aromatic heterocycles. The largest absolute Gasteiger partial charge is 0.496 e. The number of rotatable bonds is 0. The lowest BCUT2D eigenvalue weighted by atomic mass is 10.1. The van der Waals surface area contributed by atoms with E-state index in [0.717, 1.165) is 33.1 Å². The molecule has 0 unspecified atom stereocenters. The highest BCUT2D eigenvalue weighted by molar-refractivity contribution is 6.01. The Kier molecular flexibility index (Phi) is 2.12. The van der Waals surface area contributed by atoms with Gasteiger partial charge in [0.25, 0.3) is 0 Å². The number of hydrogen-bond acceptors (Lipinski definition) is 2. The summed E-state index contributed by atoms with van der Waals surface area (Å²) in [5.74, 6) is 0. The van der Waals surface area contributed by atoms with Gasteiger partial charge < -0.3 is 14.1 Å². The molecule has 1 aliphatic heterocycles. The van der Waals surface area contributed by atoms with Gasteiger partial charge in [0.05, 0.1) is 22.7 Å². The van der Waals surface area contributed by atoms with Crippen molar-refractivity contribution in [2.24, 2.45) is 0 Å². The van der Waals surface area contributed by atoms with Crippen molar-refractivity contribution in [3.63, 3.8) is 0 Å². The predicted octanol–water partition coefficient (Wildman–Crippen LogP) is 3.43. The molecule has 0 saturated heterocycles. The maximum Gasteiger partial charge on any atom is 0.198 e. The summed E-state index contributed by atoms with van der Waals surface area (Å²) in [6, 6.07) is 9.72. The third-order valence-corrected chi connectivity index (χ3v) is 4.29. The van der Waals surface area contributed by atoms with Crippen molar-refractivity contribution >= 4 is 33.4 Å². The molecule has 0 atom stereocenters. The molecule has 4 aromatic rings. The van der Waals surface area contributed by atoms with Crippen LogP contribution in [0, 0.1) is 0 Å². The first kappa shape index (κ1) is 11.6. The Morgan fingerprint density at radius 1 is 1.14 bits per heavy atom. The number of benzene rings is 1. The zero-order valence-corrected chi connectivity index (χ0v) is 11.7. The van der Waals surface area contributed by atoms with Gasteiger partial charge >= 0.3 is 0 Å². The van der Waals surface area contributed by atoms with Gasteiger partial charge in [-0.3, -0.25) is 4.79 Å². The molecule has 106 valence electrons. The fraction of sp³-hybridized carbons (Fsp3) is 0.0556. The molecule has 0 fully saturated rings. The molecule has 0 saturated carbocycles. The first-order valence-corrected chi connectivity index (χ1v) is 7.18. The number of para-hydroxylation sites is 1. The Hall–Kier alpha value is -3.01. The summed E-state index contributed by atoms with van der Waals surface area (Å²) in [7, 11) is 0. The quantitative estimate of drug-likeness (QED) is 0.539. The minimum Gasteiger partial charge on any atom is -0.496 e. The first-order valence-electron chi connectivity index (χ1n) is 7.18. The molecule has 0 spiro atoms. The van der Waals surface area contributed by atoms with E-state index in [0.29, 0.717) is 12.0 Å². The van der Waals surface area contributed by atoms with Gasteiger partial charge in [-0.2, -0.15) is 0 Å². The van der Waals surface area contributed by atoms with Gasteiger partial charge in [0, 0.05) is 28.9 Å². The number of aromatic nitrogens is 2. The van der Waals surface area contributed by atoms with Crippen molar-refractivity contribution in [1.82, 2.24) is 9.38 Å². The second kappa shape index (κ2) is 4.01. The summed E-state index contributed by atoms with van der Waals surface area (Å²) >= 11 is 0. The van der Waals surface area contributed by atoms with E-state index in [9.17, 15) is 4.79 Å². The third-order valence-electron chi connectivity index (χ3n) is 4.29. The second-order valence-electron chi connectivity index (χ2n) is 5.58. The van der Waals surface area contributed by atoms with E-state index >= 15 is 0 Å². The Bertz CT molecular complexity index is 1150. The zero-order valence-electron chi connectivity index (χ0n) is 11.7. The van der Waals surface area contributed by atoms with Crippen LogP contribution in [0.5, 0.6) is 0 Å². The summed E-state index contributed by atoms with van der Waals surface area (Å²) in [6.07, 6.45) is 7.60. The molecule has 5 rings (SSSR count). The molecule has 22 heavy (non-hydrogen) atoms. The molecule has 1 aliphatic rings. The molecule has 4 nitrogen and oxygen atoms in total. The van der Waals surface area contributed by atoms with Gasteiger partial charge in [0.15, 0.2) is 5.43 Å². The van der Waals surface area contributed by atoms with Crippen LogP contribution in [0.1, 0.15) is 11.1 Å². The number of hydrogen-bond donors (Lipinski definition) is 1. The van der Waals surface area contributed by atoms with Gasteiger partial charge in [-0.1, -0.05) is 12.1 Å². The monoisotopic (exact) mass is 288 g/mol. The molecule has 1 N–H and O–H groups in total. The molecule has 0 radical (unpaired) electrons. The Labute approximate surface area is 125 Å². The highest BCUT2D eigenvalue weighted by Crippen LogP contribution is 2.26. The van der Waals surface area contributed by atoms with Gasteiger partial charge in [-0.15, -0.1) is 0 Å². The average Bonchev–Trinajstić information content (AvgIpc) is 2.91. The Morgan fingerprint density at radius 2 is 2.05 bits per heavy atom. The Balaban J connectivity index is 2.00. The van der Waals surface area contributed by atoms with Crippen LogP contribution in [0.2, 0.25) is 0 Å². The zero-order chi connectivity index (χ0) is 14.7. The first-order chi connectivity index (χ1) is 10.8. The number of pyridine rings is 2. The summed E-state index contributed by atoms with van der Waals surface area (Å²) < 4.78 is 7.35. The van der Waals surface area contributed by atoms with Crippen LogP contribution in [-0.4, -0.2) is 9.38 Å². The van der Waals surface area contributed by atoms with E-state index in [-0.39, 0.29) is 5.43 Å². The van der Waals surface area contributed by atoms with Gasteiger partial charge in [0.2, 0.25) is 0 Å². The molecular weight excluding hydrogens is 276 g/mol. The van der Waals surface area contributed by atoms with Crippen molar-refractivity contribution in [2.45, 2.75) is 6.61 Å². The van der Waals surface area contributed by atoms with Crippen LogP contribution in [-0.2, 0) is 11.3 Å². The summed E-state index contributed by atoms with van der Waals surface area (Å²) in [6.45, 7) is 0.562. The van der Waals surface area contributed by atoms with Crippen LogP contribution >= 0.6 is 0 Å². The van der Waals surface area contributed by atoms with Crippen molar-refractivity contribution in [3.05, 3.63) is 70.3 Å². The van der Waals surface area contributed by atoms with E-state index in [2.05, 4.69) is 11.1 Å². The van der Waals surface area contributed by atoms with Crippen molar-refractivity contribution in [1.29, 1.82) is 0 Å². The van der Waals surface area contributed by atoms with Crippen molar-refractivity contribution < 1.29 is 4.74 Å². The fourth-order valence-corrected chi connectivity index (χ4v) is 3.18. The Morgan fingerprint density at radius 3 is 3.00 bits per heavy atom. The number of nitrogens with zero attached hydrogens (tertiary/aromatic N) is 1. The topological polar surface area (TPSA) is 46.5 Å². The molecule has 0 bridgehead atoms. The fourth-order valence-electron chi connectivity index (χ4n) is 3.18. The number of nitrogens with one attached hydrogen (secondary N) is 1. The maximum absolute atomic E-state index is 12.7. The van der Waals surface area contributed by atoms with Crippen LogP contribution in [0.3, 0.4) is 0 Å². The van der Waals surface area contributed by atoms with Crippen molar-refractivity contribution in [3.8, 4) is 0 Å². The predicted molar refractivity (Wildman–Crippen MR) is 86.9 cm³/mol. The minimum absolute atomic E-state index is 0.0674. The third kappa shape index (κ3) is 1.44. The number of aromatic amines is 1. The molecule has 1 aromatic carbocycles. The molecule has 0 amide bonds. The van der Waals surface area contributed by atoms with Crippen LogP contribution in [0.15, 0.2) is 53.8 Å². The van der Waals surface area contributed by atoms with Crippen molar-refractivity contribution in [2.75, 3.05) is 0 Å². The van der Waals surface area contributed by atoms with Crippen LogP contribution in [0.25, 0.3) is 33.4 Å². The second-order valence-corrected chi connectivity index (χ2v) is 5.58. The molecule has 0 aliphatic carbocycles. The lowest BCUT2D eigenvalue weighted by Crippen LogP contribution is -2.01. The van der Waals surface area contributed by atoms with Crippen LogP contribution in [0.4, 0.5) is 0 Å². The average molecular weight is 288 g/mol. The lowest BCUT2D eigenvalue weighted by molar-refractivity contribution is 0.234. The van der Waals surface area contributed by atoms with Gasteiger partial charge in [-0.05, 0) is 29.8 Å². The van der Waals surface area contributed by atoms with E-state index < -0.39 is 0 Å². The summed E-state index contributed by atoms with van der Waals surface area (Å²) in [5, 5.41) is 1.44. The minimum atomic E-state index is 0.0674. The normalized spacial score (nSPS) is 13.6. The standard InChI is InChI=1S/C18H12N2O2/c21-18-13-3-1-2-4-15(13)19-17-14(18)9-20-8-12-10-22-6-5-11(12)7-16(17)20/h1-9,19H,10H2. The summed E-state index contributed by atoms with van der Waals surface area (Å²) in [4.78, 5) is 16.1. The highest BCUT2D eigenvalue weighted by atomic mass is 16.5.